The molecule has 0 unspecified atom stereocenters. The van der Waals surface area contributed by atoms with E-state index >= 15 is 0 Å². The SMILES string of the molecule is CC(C)c1ccc(C(=O)/C=C/c2ccc3nccnc3c2)cc1. The molecule has 0 radical (unpaired) electrons. The van der Waals surface area contributed by atoms with Crippen molar-refractivity contribution < 1.29 is 4.79 Å². The largest absolute Gasteiger partial charge is 0.289 e. The smallest absolute Gasteiger partial charge is 0.185 e. The molecule has 0 N–H and O–H groups in total. The molecule has 0 saturated heterocycles. The van der Waals surface area contributed by atoms with Crippen LogP contribution in [-0.2, 0) is 0 Å². The maximum absolute atomic E-state index is 12.2. The quantitative estimate of drug-likeness (QED) is 0.520. The van der Waals surface area contributed by atoms with Crippen molar-refractivity contribution in [1.29, 1.82) is 0 Å². The molecule has 1 heterocycles. The minimum absolute atomic E-state index is 0.000418. The van der Waals surface area contributed by atoms with Gasteiger partial charge in [0.1, 0.15) is 0 Å². The Kier molecular flexibility index (Phi) is 4.29. The lowest BCUT2D eigenvalue weighted by Crippen LogP contribution is -1.95. The van der Waals surface area contributed by atoms with Crippen molar-refractivity contribution in [2.24, 2.45) is 0 Å². The van der Waals surface area contributed by atoms with Crippen LogP contribution in [0.3, 0.4) is 0 Å². The maximum atomic E-state index is 12.2. The van der Waals surface area contributed by atoms with Crippen molar-refractivity contribution in [2.75, 3.05) is 0 Å². The van der Waals surface area contributed by atoms with Gasteiger partial charge in [-0.3, -0.25) is 14.8 Å². The predicted octanol–water partition coefficient (Wildman–Crippen LogP) is 4.65. The molecule has 0 bridgehead atoms. The number of benzene rings is 2. The second-order valence-electron chi connectivity index (χ2n) is 5.78. The molecular formula is C20H18N2O. The third-order valence-corrected chi connectivity index (χ3v) is 3.78. The Morgan fingerprint density at radius 2 is 1.65 bits per heavy atom. The van der Waals surface area contributed by atoms with Crippen molar-refractivity contribution in [3.05, 3.63) is 77.6 Å². The van der Waals surface area contributed by atoms with E-state index < -0.39 is 0 Å². The molecule has 0 fully saturated rings. The standard InChI is InChI=1S/C20H18N2O/c1-14(2)16-5-7-17(8-6-16)20(23)10-4-15-3-9-18-19(13-15)22-12-11-21-18/h3-14H,1-2H3/b10-4+. The highest BCUT2D eigenvalue weighted by atomic mass is 16.1. The first-order chi connectivity index (χ1) is 11.1. The summed E-state index contributed by atoms with van der Waals surface area (Å²) in [7, 11) is 0. The second-order valence-corrected chi connectivity index (χ2v) is 5.78. The average molecular weight is 302 g/mol. The number of hydrogen-bond acceptors (Lipinski definition) is 3. The van der Waals surface area contributed by atoms with E-state index in [1.807, 2.05) is 48.5 Å². The highest BCUT2D eigenvalue weighted by molar-refractivity contribution is 6.06. The summed E-state index contributed by atoms with van der Waals surface area (Å²) in [6, 6.07) is 13.6. The molecule has 3 rings (SSSR count). The zero-order chi connectivity index (χ0) is 16.2. The third-order valence-electron chi connectivity index (χ3n) is 3.78. The Morgan fingerprint density at radius 1 is 0.957 bits per heavy atom. The number of rotatable bonds is 4. The molecule has 3 heteroatoms. The third kappa shape index (κ3) is 3.51. The van der Waals surface area contributed by atoms with Crippen LogP contribution in [0, 0.1) is 0 Å². The van der Waals surface area contributed by atoms with Gasteiger partial charge in [0.25, 0.3) is 0 Å². The first-order valence-corrected chi connectivity index (χ1v) is 7.66. The lowest BCUT2D eigenvalue weighted by Gasteiger charge is -2.05. The Bertz CT molecular complexity index is 864. The second kappa shape index (κ2) is 6.53. The van der Waals surface area contributed by atoms with Crippen LogP contribution in [-0.4, -0.2) is 15.8 Å². The molecule has 0 amide bonds. The van der Waals surface area contributed by atoms with Gasteiger partial charge in [0.15, 0.2) is 5.78 Å². The van der Waals surface area contributed by atoms with E-state index in [-0.39, 0.29) is 5.78 Å². The average Bonchev–Trinajstić information content (AvgIpc) is 2.59. The van der Waals surface area contributed by atoms with E-state index in [2.05, 4.69) is 23.8 Å². The van der Waals surface area contributed by atoms with Crippen molar-refractivity contribution in [2.45, 2.75) is 19.8 Å². The van der Waals surface area contributed by atoms with E-state index in [0.29, 0.717) is 11.5 Å². The van der Waals surface area contributed by atoms with Crippen molar-refractivity contribution >= 4 is 22.9 Å². The van der Waals surface area contributed by atoms with Gasteiger partial charge < -0.3 is 0 Å². The minimum Gasteiger partial charge on any atom is -0.289 e. The van der Waals surface area contributed by atoms with Gasteiger partial charge >= 0.3 is 0 Å². The van der Waals surface area contributed by atoms with Gasteiger partial charge in [-0.15, -0.1) is 0 Å². The van der Waals surface area contributed by atoms with Crippen LogP contribution in [0.4, 0.5) is 0 Å². The first-order valence-electron chi connectivity index (χ1n) is 7.66. The van der Waals surface area contributed by atoms with E-state index in [1.165, 1.54) is 5.56 Å². The number of fused-ring (bicyclic) bond motifs is 1. The van der Waals surface area contributed by atoms with E-state index in [0.717, 1.165) is 16.6 Å². The van der Waals surface area contributed by atoms with Crippen LogP contribution in [0.1, 0.15) is 41.3 Å². The highest BCUT2D eigenvalue weighted by Crippen LogP contribution is 2.16. The van der Waals surface area contributed by atoms with Crippen LogP contribution < -0.4 is 0 Å². The number of hydrogen-bond donors (Lipinski definition) is 0. The van der Waals surface area contributed by atoms with Crippen LogP contribution in [0.15, 0.2) is 60.9 Å². The van der Waals surface area contributed by atoms with Crippen LogP contribution in [0.25, 0.3) is 17.1 Å². The molecule has 0 aliphatic rings. The summed E-state index contributed by atoms with van der Waals surface area (Å²) in [5, 5.41) is 0. The molecule has 0 aliphatic heterocycles. The van der Waals surface area contributed by atoms with Crippen molar-refractivity contribution in [3.63, 3.8) is 0 Å². The molecule has 0 atom stereocenters. The van der Waals surface area contributed by atoms with E-state index in [4.69, 9.17) is 0 Å². The summed E-state index contributed by atoms with van der Waals surface area (Å²) >= 11 is 0. The number of aromatic nitrogens is 2. The molecule has 23 heavy (non-hydrogen) atoms. The molecule has 3 aromatic rings. The zero-order valence-electron chi connectivity index (χ0n) is 13.2. The predicted molar refractivity (Wildman–Crippen MR) is 93.4 cm³/mol. The number of carbonyl (C=O) groups is 1. The molecule has 0 spiro atoms. The molecule has 114 valence electrons. The van der Waals surface area contributed by atoms with Gasteiger partial charge in [0.05, 0.1) is 11.0 Å². The lowest BCUT2D eigenvalue weighted by atomic mass is 10.0. The van der Waals surface area contributed by atoms with Gasteiger partial charge in [-0.05, 0) is 35.3 Å². The number of allylic oxidation sites excluding steroid dienone is 1. The highest BCUT2D eigenvalue weighted by Gasteiger charge is 2.04. The summed E-state index contributed by atoms with van der Waals surface area (Å²) in [6.45, 7) is 4.28. The molecule has 1 aromatic heterocycles. The molecule has 0 aliphatic carbocycles. The summed E-state index contributed by atoms with van der Waals surface area (Å²) in [4.78, 5) is 20.8. The topological polar surface area (TPSA) is 42.9 Å². The monoisotopic (exact) mass is 302 g/mol. The fourth-order valence-corrected chi connectivity index (χ4v) is 2.38. The fraction of sp³-hybridized carbons (Fsp3) is 0.150. The van der Waals surface area contributed by atoms with Gasteiger partial charge in [-0.1, -0.05) is 50.3 Å². The molecule has 2 aromatic carbocycles. The van der Waals surface area contributed by atoms with Gasteiger partial charge in [0, 0.05) is 18.0 Å². The number of nitrogens with zero attached hydrogens (tertiary/aromatic N) is 2. The molecule has 0 saturated carbocycles. The fourth-order valence-electron chi connectivity index (χ4n) is 2.38. The van der Waals surface area contributed by atoms with Gasteiger partial charge in [-0.2, -0.15) is 0 Å². The van der Waals surface area contributed by atoms with Crippen LogP contribution in [0.5, 0.6) is 0 Å². The number of ketones is 1. The van der Waals surface area contributed by atoms with Gasteiger partial charge in [-0.25, -0.2) is 0 Å². The Hall–Kier alpha value is -2.81. The van der Waals surface area contributed by atoms with E-state index in [9.17, 15) is 4.79 Å². The summed E-state index contributed by atoms with van der Waals surface area (Å²) in [5.74, 6) is 0.466. The minimum atomic E-state index is -0.000418. The summed E-state index contributed by atoms with van der Waals surface area (Å²) < 4.78 is 0. The van der Waals surface area contributed by atoms with Crippen molar-refractivity contribution in [1.82, 2.24) is 9.97 Å². The maximum Gasteiger partial charge on any atom is 0.185 e. The van der Waals surface area contributed by atoms with Crippen molar-refractivity contribution in [3.8, 4) is 0 Å². The van der Waals surface area contributed by atoms with E-state index in [1.54, 1.807) is 18.5 Å². The van der Waals surface area contributed by atoms with Crippen LogP contribution in [0.2, 0.25) is 0 Å². The molecular weight excluding hydrogens is 284 g/mol. The zero-order valence-corrected chi connectivity index (χ0v) is 13.2. The normalized spacial score (nSPS) is 11.4. The molecule has 3 nitrogen and oxygen atoms in total. The Balaban J connectivity index is 1.78. The van der Waals surface area contributed by atoms with Gasteiger partial charge in [0.2, 0.25) is 0 Å². The van der Waals surface area contributed by atoms with Crippen LogP contribution >= 0.6 is 0 Å². The summed E-state index contributed by atoms with van der Waals surface area (Å²) in [6.07, 6.45) is 6.74. The Morgan fingerprint density at radius 3 is 2.35 bits per heavy atom. The first kappa shape index (κ1) is 15.1. The summed E-state index contributed by atoms with van der Waals surface area (Å²) in [5.41, 5.74) is 4.54. The Labute approximate surface area is 135 Å². The lowest BCUT2D eigenvalue weighted by molar-refractivity contribution is 0.104. The number of carbonyl (C=O) groups excluding carboxylic acids is 1.